The average Bonchev–Trinajstić information content (AvgIpc) is 3.31. The standard InChI is InChI=1S/C19H30FN3O7S2/c1-30-6-7-31(26,27)22-5-4-14(10-22)12-2-3-13-9-16(24)19(18(20)15(13)8-12)23-11-17(25)21-32(23,28)29/h4,12-13,15-16,18-19,24H,2-3,5-11H2,1H3,(H,21,25). The minimum Gasteiger partial charge on any atom is -0.391 e. The fraction of sp³-hybridized carbons (Fsp3) is 0.842. The van der Waals surface area contributed by atoms with Crippen LogP contribution in [0.25, 0.3) is 0 Å². The zero-order chi connectivity index (χ0) is 23.3. The molecule has 0 bridgehead atoms. The highest BCUT2D eigenvalue weighted by atomic mass is 32.2. The topological polar surface area (TPSA) is 133 Å². The minimum atomic E-state index is -4.16. The summed E-state index contributed by atoms with van der Waals surface area (Å²) in [6, 6.07) is -1.30. The van der Waals surface area contributed by atoms with Crippen LogP contribution in [0.1, 0.15) is 25.7 Å². The number of carbonyl (C=O) groups is 1. The normalized spacial score (nSPS) is 38.3. The highest BCUT2D eigenvalue weighted by Crippen LogP contribution is 2.48. The first-order valence-electron chi connectivity index (χ1n) is 10.8. The van der Waals surface area contributed by atoms with Gasteiger partial charge in [0.15, 0.2) is 0 Å². The fourth-order valence-electron chi connectivity index (χ4n) is 5.66. The molecular weight excluding hydrogens is 465 g/mol. The van der Waals surface area contributed by atoms with E-state index in [0.717, 1.165) is 16.3 Å². The van der Waals surface area contributed by atoms with E-state index in [0.29, 0.717) is 12.8 Å². The summed E-state index contributed by atoms with van der Waals surface area (Å²) in [6.07, 6.45) is 1.28. The van der Waals surface area contributed by atoms with Crippen molar-refractivity contribution in [1.82, 2.24) is 13.3 Å². The van der Waals surface area contributed by atoms with Gasteiger partial charge in [-0.15, -0.1) is 0 Å². The number of rotatable bonds is 6. The van der Waals surface area contributed by atoms with Crippen LogP contribution < -0.4 is 4.72 Å². The first-order valence-corrected chi connectivity index (χ1v) is 13.9. The molecule has 6 unspecified atom stereocenters. The Morgan fingerprint density at radius 2 is 2.03 bits per heavy atom. The van der Waals surface area contributed by atoms with Crippen molar-refractivity contribution >= 4 is 26.1 Å². The van der Waals surface area contributed by atoms with E-state index in [2.05, 4.69) is 0 Å². The van der Waals surface area contributed by atoms with Crippen molar-refractivity contribution in [1.29, 1.82) is 0 Å². The van der Waals surface area contributed by atoms with Crippen LogP contribution in [0, 0.1) is 17.8 Å². The van der Waals surface area contributed by atoms with Gasteiger partial charge in [0, 0.05) is 20.2 Å². The number of nitrogens with one attached hydrogen (secondary N) is 1. The largest absolute Gasteiger partial charge is 0.391 e. The van der Waals surface area contributed by atoms with E-state index in [9.17, 15) is 26.7 Å². The second kappa shape index (κ2) is 8.91. The van der Waals surface area contributed by atoms with Crippen LogP contribution in [0.5, 0.6) is 0 Å². The lowest BCUT2D eigenvalue weighted by Gasteiger charge is -2.48. The highest BCUT2D eigenvalue weighted by molar-refractivity contribution is 7.89. The Balaban J connectivity index is 1.45. The number of alkyl halides is 1. The van der Waals surface area contributed by atoms with Crippen molar-refractivity contribution in [3.63, 3.8) is 0 Å². The monoisotopic (exact) mass is 495 g/mol. The lowest BCUT2D eigenvalue weighted by atomic mass is 9.63. The van der Waals surface area contributed by atoms with Gasteiger partial charge in [-0.05, 0) is 43.4 Å². The van der Waals surface area contributed by atoms with E-state index < -0.39 is 56.9 Å². The van der Waals surface area contributed by atoms with Crippen molar-refractivity contribution < 1.29 is 35.9 Å². The maximum atomic E-state index is 15.7. The number of hydrogen-bond acceptors (Lipinski definition) is 7. The molecule has 1 saturated heterocycles. The van der Waals surface area contributed by atoms with Gasteiger partial charge in [0.1, 0.15) is 6.17 Å². The van der Waals surface area contributed by atoms with Gasteiger partial charge in [-0.2, -0.15) is 17.0 Å². The fourth-order valence-corrected chi connectivity index (χ4v) is 8.27. The Labute approximate surface area is 188 Å². The zero-order valence-corrected chi connectivity index (χ0v) is 19.5. The van der Waals surface area contributed by atoms with Gasteiger partial charge < -0.3 is 9.84 Å². The van der Waals surface area contributed by atoms with Crippen molar-refractivity contribution in [2.75, 3.05) is 39.1 Å². The molecule has 32 heavy (non-hydrogen) atoms. The number of amides is 1. The molecule has 2 aliphatic carbocycles. The molecule has 6 atom stereocenters. The molecule has 4 rings (SSSR count). The Hall–Kier alpha value is -1.12. The summed E-state index contributed by atoms with van der Waals surface area (Å²) in [4.78, 5) is 11.6. The van der Waals surface area contributed by atoms with Gasteiger partial charge in [0.2, 0.25) is 15.9 Å². The molecule has 4 aliphatic rings. The summed E-state index contributed by atoms with van der Waals surface area (Å²) in [5.74, 6) is -1.37. The summed E-state index contributed by atoms with van der Waals surface area (Å²) in [6.45, 7) is 0.179. The number of nitrogens with zero attached hydrogens (tertiary/aromatic N) is 2. The van der Waals surface area contributed by atoms with Gasteiger partial charge in [0.05, 0.1) is 31.1 Å². The number of methoxy groups -OCH3 is 1. The summed E-state index contributed by atoms with van der Waals surface area (Å²) in [5, 5.41) is 10.5. The molecule has 2 saturated carbocycles. The molecule has 10 nitrogen and oxygen atoms in total. The predicted molar refractivity (Wildman–Crippen MR) is 113 cm³/mol. The lowest BCUT2D eigenvalue weighted by molar-refractivity contribution is -0.119. The number of aliphatic hydroxyl groups is 1. The minimum absolute atomic E-state index is 0.00274. The molecule has 2 N–H and O–H groups in total. The molecule has 0 aromatic rings. The molecule has 0 spiro atoms. The van der Waals surface area contributed by atoms with E-state index in [1.54, 1.807) is 0 Å². The molecule has 0 radical (unpaired) electrons. The molecule has 2 heterocycles. The van der Waals surface area contributed by atoms with Crippen LogP contribution in [0.4, 0.5) is 4.39 Å². The Kier molecular flexibility index (Phi) is 6.69. The Morgan fingerprint density at radius 3 is 2.69 bits per heavy atom. The van der Waals surface area contributed by atoms with Crippen molar-refractivity contribution in [2.45, 2.75) is 44.0 Å². The number of ether oxygens (including phenoxy) is 1. The Morgan fingerprint density at radius 1 is 1.28 bits per heavy atom. The molecule has 1 amide bonds. The quantitative estimate of drug-likeness (QED) is 0.470. The summed E-state index contributed by atoms with van der Waals surface area (Å²) >= 11 is 0. The van der Waals surface area contributed by atoms with E-state index in [-0.39, 0.29) is 43.7 Å². The Bertz CT molecular complexity index is 987. The van der Waals surface area contributed by atoms with E-state index >= 15 is 4.39 Å². The summed E-state index contributed by atoms with van der Waals surface area (Å²) < 4.78 is 73.9. The van der Waals surface area contributed by atoms with Crippen molar-refractivity contribution in [3.05, 3.63) is 11.6 Å². The van der Waals surface area contributed by atoms with Gasteiger partial charge >= 0.3 is 10.2 Å². The van der Waals surface area contributed by atoms with E-state index in [1.807, 2.05) is 10.8 Å². The van der Waals surface area contributed by atoms with E-state index in [4.69, 9.17) is 4.74 Å². The third-order valence-corrected chi connectivity index (χ3v) is 10.5. The highest BCUT2D eigenvalue weighted by Gasteiger charge is 2.54. The first kappa shape index (κ1) is 24.0. The van der Waals surface area contributed by atoms with Gasteiger partial charge in [-0.25, -0.2) is 17.5 Å². The predicted octanol–water partition coefficient (Wildman–Crippen LogP) is -0.615. The SMILES string of the molecule is COCCS(=O)(=O)N1CC=C(C2CCC3CC(O)C(N4CC(=O)NS4(=O)=O)C(F)C3C2)C1. The number of halogens is 1. The number of fused-ring (bicyclic) bond motifs is 1. The number of sulfonamides is 1. The second-order valence-corrected chi connectivity index (χ2v) is 12.8. The zero-order valence-electron chi connectivity index (χ0n) is 17.9. The maximum Gasteiger partial charge on any atom is 0.304 e. The number of aliphatic hydroxyl groups excluding tert-OH is 1. The van der Waals surface area contributed by atoms with Gasteiger partial charge in [-0.3, -0.25) is 4.79 Å². The smallest absolute Gasteiger partial charge is 0.304 e. The maximum absolute atomic E-state index is 15.7. The van der Waals surface area contributed by atoms with Crippen LogP contribution in [0.2, 0.25) is 0 Å². The molecule has 3 fully saturated rings. The molecular formula is C19H30FN3O7S2. The molecule has 2 aliphatic heterocycles. The number of hydrogen-bond donors (Lipinski definition) is 2. The van der Waals surface area contributed by atoms with Crippen molar-refractivity contribution in [2.24, 2.45) is 17.8 Å². The van der Waals surface area contributed by atoms with Gasteiger partial charge in [0.25, 0.3) is 0 Å². The van der Waals surface area contributed by atoms with Crippen LogP contribution in [-0.4, -0.2) is 93.9 Å². The van der Waals surface area contributed by atoms with Gasteiger partial charge in [-0.1, -0.05) is 11.6 Å². The van der Waals surface area contributed by atoms with Crippen LogP contribution in [0.15, 0.2) is 11.6 Å². The second-order valence-electron chi connectivity index (χ2n) is 9.13. The first-order chi connectivity index (χ1) is 15.0. The average molecular weight is 496 g/mol. The molecule has 13 heteroatoms. The molecule has 0 aromatic carbocycles. The van der Waals surface area contributed by atoms with Crippen LogP contribution >= 0.6 is 0 Å². The lowest BCUT2D eigenvalue weighted by Crippen LogP contribution is -2.58. The summed E-state index contributed by atoms with van der Waals surface area (Å²) in [7, 11) is -6.15. The van der Waals surface area contributed by atoms with Crippen LogP contribution in [0.3, 0.4) is 0 Å². The van der Waals surface area contributed by atoms with E-state index in [1.165, 1.54) is 11.4 Å². The van der Waals surface area contributed by atoms with Crippen LogP contribution in [-0.2, 0) is 29.8 Å². The molecule has 0 aromatic heterocycles. The third kappa shape index (κ3) is 4.47. The van der Waals surface area contributed by atoms with Crippen molar-refractivity contribution in [3.8, 4) is 0 Å². The molecule has 182 valence electrons. The third-order valence-electron chi connectivity index (χ3n) is 7.28. The number of carbonyl (C=O) groups excluding carboxylic acids is 1. The summed E-state index contributed by atoms with van der Waals surface area (Å²) in [5.41, 5.74) is 0.963.